The average Bonchev–Trinajstić information content (AvgIpc) is 2.10. The van der Waals surface area contributed by atoms with Crippen LogP contribution in [0.3, 0.4) is 0 Å². The van der Waals surface area contributed by atoms with Gasteiger partial charge < -0.3 is 0 Å². The summed E-state index contributed by atoms with van der Waals surface area (Å²) in [5.74, 6) is 0. The van der Waals surface area contributed by atoms with Gasteiger partial charge in [-0.25, -0.2) is 4.99 Å². The summed E-state index contributed by atoms with van der Waals surface area (Å²) >= 11 is 0. The van der Waals surface area contributed by atoms with Gasteiger partial charge in [0.15, 0.2) is 0 Å². The summed E-state index contributed by atoms with van der Waals surface area (Å²) in [6, 6.07) is 0. The molecule has 0 aromatic rings. The van der Waals surface area contributed by atoms with E-state index >= 15 is 0 Å². The molecule has 2 nitrogen and oxygen atoms in total. The summed E-state index contributed by atoms with van der Waals surface area (Å²) in [4.78, 5) is 3.70. The van der Waals surface area contributed by atoms with E-state index in [9.17, 15) is 0 Å². The Bertz CT molecular complexity index is 115. The van der Waals surface area contributed by atoms with Gasteiger partial charge in [-0.2, -0.15) is 0 Å². The van der Waals surface area contributed by atoms with E-state index in [4.69, 9.17) is 5.41 Å². The van der Waals surface area contributed by atoms with Crippen molar-refractivity contribution in [1.82, 2.24) is 0 Å². The molecule has 0 bridgehead atoms. The summed E-state index contributed by atoms with van der Waals surface area (Å²) in [6.45, 7) is 13.2. The van der Waals surface area contributed by atoms with Crippen LogP contribution in [0, 0.1) is 5.41 Å². The molecule has 1 N–H and O–H groups in total. The highest BCUT2D eigenvalue weighted by molar-refractivity contribution is 5.87. The second-order valence-corrected chi connectivity index (χ2v) is 1.76. The lowest BCUT2D eigenvalue weighted by molar-refractivity contribution is 1.26. The predicted octanol–water partition coefficient (Wildman–Crippen LogP) is 3.68. The van der Waals surface area contributed by atoms with E-state index in [0.29, 0.717) is 0 Å². The zero-order chi connectivity index (χ0) is 10.4. The van der Waals surface area contributed by atoms with Crippen molar-refractivity contribution in [3.8, 4) is 0 Å². The van der Waals surface area contributed by atoms with Crippen LogP contribution in [0.5, 0.6) is 0 Å². The van der Waals surface area contributed by atoms with Gasteiger partial charge >= 0.3 is 0 Å². The van der Waals surface area contributed by atoms with Crippen molar-refractivity contribution in [2.75, 3.05) is 0 Å². The Morgan fingerprint density at radius 2 is 1.83 bits per heavy atom. The minimum absolute atomic E-state index is 0.940. The molecule has 12 heavy (non-hydrogen) atoms. The topological polar surface area (TPSA) is 36.2 Å². The molecule has 0 aliphatic rings. The number of nitrogens with zero attached hydrogens (tertiary/aromatic N) is 1. The van der Waals surface area contributed by atoms with Crippen molar-refractivity contribution in [3.63, 3.8) is 0 Å². The number of allylic oxidation sites excluding steroid dienone is 1. The Hall–Kier alpha value is -0.920. The minimum atomic E-state index is 0.940. The standard InChI is InChI=1S/C5H10N2.C3H6.C2H6/c1-3-5(2)7-4-6;1-3-2;1-2/h4,6H,3H2,1-2H3;3H,1H2,2H3;1-2H3. The molecule has 0 amide bonds. The van der Waals surface area contributed by atoms with Gasteiger partial charge in [-0.05, 0) is 20.3 Å². The van der Waals surface area contributed by atoms with Crippen LogP contribution >= 0.6 is 0 Å². The van der Waals surface area contributed by atoms with Crippen molar-refractivity contribution in [1.29, 1.82) is 5.41 Å². The Labute approximate surface area is 76.9 Å². The summed E-state index contributed by atoms with van der Waals surface area (Å²) in [6.07, 6.45) is 3.76. The second kappa shape index (κ2) is 22.5. The average molecular weight is 170 g/mol. The molecule has 0 aliphatic carbocycles. The number of hydrogen-bond acceptors (Lipinski definition) is 1. The molecule has 0 heterocycles. The monoisotopic (exact) mass is 170 g/mol. The maximum absolute atomic E-state index is 6.52. The number of aliphatic imine (C=N–C) groups is 1. The molecular weight excluding hydrogens is 148 g/mol. The molecule has 0 aliphatic heterocycles. The summed E-state index contributed by atoms with van der Waals surface area (Å²) in [5.41, 5.74) is 1.01. The Balaban J connectivity index is -0.000000137. The quantitative estimate of drug-likeness (QED) is 0.373. The second-order valence-electron chi connectivity index (χ2n) is 1.76. The van der Waals surface area contributed by atoms with Crippen LogP contribution in [0.15, 0.2) is 17.6 Å². The molecule has 0 spiro atoms. The first-order chi connectivity index (χ1) is 5.72. The molecule has 0 atom stereocenters. The molecule has 2 heteroatoms. The van der Waals surface area contributed by atoms with Gasteiger partial charge in [0.25, 0.3) is 0 Å². The normalized spacial score (nSPS) is 8.25. The van der Waals surface area contributed by atoms with Crippen LogP contribution in [0.2, 0.25) is 0 Å². The number of rotatable bonds is 2. The molecule has 0 unspecified atom stereocenters. The fourth-order valence-electron chi connectivity index (χ4n) is 0.201. The highest BCUT2D eigenvalue weighted by Gasteiger charge is 1.77. The van der Waals surface area contributed by atoms with Gasteiger partial charge in [0.05, 0.1) is 0 Å². The van der Waals surface area contributed by atoms with Crippen molar-refractivity contribution in [2.24, 2.45) is 4.99 Å². The molecule has 0 radical (unpaired) electrons. The third-order valence-electron chi connectivity index (χ3n) is 0.797. The van der Waals surface area contributed by atoms with E-state index in [1.165, 1.54) is 0 Å². The first-order valence-corrected chi connectivity index (χ1v) is 4.32. The first kappa shape index (κ1) is 17.2. The lowest BCUT2D eigenvalue weighted by atomic mass is 10.3. The van der Waals surface area contributed by atoms with Crippen LogP contribution in [0.1, 0.15) is 41.0 Å². The van der Waals surface area contributed by atoms with Crippen molar-refractivity contribution in [2.45, 2.75) is 41.0 Å². The molecule has 0 fully saturated rings. The predicted molar refractivity (Wildman–Crippen MR) is 59.4 cm³/mol. The van der Waals surface area contributed by atoms with E-state index in [2.05, 4.69) is 11.6 Å². The largest absolute Gasteiger partial charge is 0.290 e. The SMILES string of the molecule is C=CC.CC.CCC(C)=NC=N. The van der Waals surface area contributed by atoms with Gasteiger partial charge in [0.2, 0.25) is 0 Å². The maximum Gasteiger partial charge on any atom is 0.106 e. The lowest BCUT2D eigenvalue weighted by Gasteiger charge is -1.84. The van der Waals surface area contributed by atoms with E-state index in [1.54, 1.807) is 6.08 Å². The van der Waals surface area contributed by atoms with Gasteiger partial charge in [0, 0.05) is 5.71 Å². The molecule has 72 valence electrons. The molecular formula is C10H22N2. The fraction of sp³-hybridized carbons (Fsp3) is 0.600. The van der Waals surface area contributed by atoms with Crippen molar-refractivity contribution in [3.05, 3.63) is 12.7 Å². The third kappa shape index (κ3) is 35.6. The van der Waals surface area contributed by atoms with Crippen LogP contribution in [0.4, 0.5) is 0 Å². The van der Waals surface area contributed by atoms with Crippen LogP contribution in [-0.4, -0.2) is 12.1 Å². The third-order valence-corrected chi connectivity index (χ3v) is 0.797. The summed E-state index contributed by atoms with van der Waals surface area (Å²) < 4.78 is 0. The number of nitrogens with one attached hydrogen (secondary N) is 1. The molecule has 0 saturated heterocycles. The summed E-state index contributed by atoms with van der Waals surface area (Å²) in [5, 5.41) is 6.52. The van der Waals surface area contributed by atoms with E-state index in [1.807, 2.05) is 34.6 Å². The molecule has 0 saturated carbocycles. The van der Waals surface area contributed by atoms with Crippen LogP contribution in [0.25, 0.3) is 0 Å². The zero-order valence-corrected chi connectivity index (χ0v) is 9.02. The van der Waals surface area contributed by atoms with Gasteiger partial charge in [-0.15, -0.1) is 6.58 Å². The Morgan fingerprint density at radius 3 is 1.92 bits per heavy atom. The zero-order valence-electron chi connectivity index (χ0n) is 9.02. The van der Waals surface area contributed by atoms with Crippen LogP contribution < -0.4 is 0 Å². The minimum Gasteiger partial charge on any atom is -0.290 e. The van der Waals surface area contributed by atoms with Gasteiger partial charge in [0.1, 0.15) is 6.34 Å². The van der Waals surface area contributed by atoms with Gasteiger partial charge in [-0.1, -0.05) is 26.8 Å². The first-order valence-electron chi connectivity index (χ1n) is 4.32. The highest BCUT2D eigenvalue weighted by atomic mass is 14.8. The molecule has 0 aromatic heterocycles. The van der Waals surface area contributed by atoms with Gasteiger partial charge in [-0.3, -0.25) is 5.41 Å². The number of hydrogen-bond donors (Lipinski definition) is 1. The van der Waals surface area contributed by atoms with Crippen molar-refractivity contribution < 1.29 is 0 Å². The van der Waals surface area contributed by atoms with E-state index in [-0.39, 0.29) is 0 Å². The van der Waals surface area contributed by atoms with E-state index in [0.717, 1.165) is 18.5 Å². The Kier molecular flexibility index (Phi) is 32.3. The maximum atomic E-state index is 6.52. The smallest absolute Gasteiger partial charge is 0.106 e. The molecule has 0 aromatic carbocycles. The highest BCUT2D eigenvalue weighted by Crippen LogP contribution is 1.79. The summed E-state index contributed by atoms with van der Waals surface area (Å²) in [7, 11) is 0. The van der Waals surface area contributed by atoms with Crippen molar-refractivity contribution >= 4 is 12.1 Å². The van der Waals surface area contributed by atoms with Crippen LogP contribution in [-0.2, 0) is 0 Å². The lowest BCUT2D eigenvalue weighted by Crippen LogP contribution is -1.85. The molecule has 0 rings (SSSR count). The Morgan fingerprint density at radius 1 is 1.50 bits per heavy atom. The fourth-order valence-corrected chi connectivity index (χ4v) is 0.201. The van der Waals surface area contributed by atoms with E-state index < -0.39 is 0 Å².